The van der Waals surface area contributed by atoms with Crippen molar-refractivity contribution in [3.63, 3.8) is 0 Å². The van der Waals surface area contributed by atoms with Crippen molar-refractivity contribution in [1.29, 1.82) is 0 Å². The molecule has 0 heterocycles. The van der Waals surface area contributed by atoms with Crippen molar-refractivity contribution in [2.45, 2.75) is 13.8 Å². The molecule has 4 heteroatoms. The Bertz CT molecular complexity index is 352. The Morgan fingerprint density at radius 1 is 1.50 bits per heavy atom. The molecule has 0 spiro atoms. The third-order valence-corrected chi connectivity index (χ3v) is 2.02. The largest absolute Gasteiger partial charge is 0.326 e. The molecule has 0 aliphatic rings. The van der Waals surface area contributed by atoms with Crippen LogP contribution in [0.5, 0.6) is 0 Å². The minimum atomic E-state index is -0.534. The summed E-state index contributed by atoms with van der Waals surface area (Å²) >= 11 is 5.49. The summed E-state index contributed by atoms with van der Waals surface area (Å²) in [5.41, 5.74) is 0.422. The second-order valence-electron chi connectivity index (χ2n) is 3.27. The zero-order chi connectivity index (χ0) is 10.7. The van der Waals surface area contributed by atoms with Crippen LogP contribution in [0.3, 0.4) is 0 Å². The first-order valence-corrected chi connectivity index (χ1v) is 4.64. The summed E-state index contributed by atoms with van der Waals surface area (Å²) in [6.45, 7) is 3.53. The predicted octanol–water partition coefficient (Wildman–Crippen LogP) is 3.07. The molecule has 0 atom stereocenters. The van der Waals surface area contributed by atoms with Crippen LogP contribution in [-0.4, -0.2) is 5.91 Å². The van der Waals surface area contributed by atoms with Gasteiger partial charge in [0.25, 0.3) is 0 Å². The highest BCUT2D eigenvalue weighted by atomic mass is 35.5. The summed E-state index contributed by atoms with van der Waals surface area (Å²) in [6, 6.07) is 4.17. The van der Waals surface area contributed by atoms with Gasteiger partial charge in [-0.25, -0.2) is 4.39 Å². The molecule has 0 aromatic heterocycles. The molecule has 0 aliphatic carbocycles. The van der Waals surface area contributed by atoms with Gasteiger partial charge in [0.2, 0.25) is 5.91 Å². The van der Waals surface area contributed by atoms with E-state index in [9.17, 15) is 9.18 Å². The van der Waals surface area contributed by atoms with Gasteiger partial charge >= 0.3 is 0 Å². The first-order valence-electron chi connectivity index (χ1n) is 4.26. The van der Waals surface area contributed by atoms with Gasteiger partial charge < -0.3 is 5.32 Å². The number of carbonyl (C=O) groups excluding carboxylic acids is 1. The van der Waals surface area contributed by atoms with Crippen LogP contribution in [-0.2, 0) is 4.79 Å². The number of carbonyl (C=O) groups is 1. The van der Waals surface area contributed by atoms with E-state index in [2.05, 4.69) is 5.32 Å². The van der Waals surface area contributed by atoms with Gasteiger partial charge in [-0.2, -0.15) is 0 Å². The van der Waals surface area contributed by atoms with E-state index < -0.39 is 5.82 Å². The smallest absolute Gasteiger partial charge is 0.226 e. The summed E-state index contributed by atoms with van der Waals surface area (Å²) < 4.78 is 12.9. The van der Waals surface area contributed by atoms with E-state index in [-0.39, 0.29) is 16.8 Å². The van der Waals surface area contributed by atoms with E-state index >= 15 is 0 Å². The molecule has 76 valence electrons. The topological polar surface area (TPSA) is 29.1 Å². The maximum Gasteiger partial charge on any atom is 0.226 e. The van der Waals surface area contributed by atoms with Gasteiger partial charge in [-0.05, 0) is 18.2 Å². The van der Waals surface area contributed by atoms with Crippen LogP contribution in [0.2, 0.25) is 5.02 Å². The molecule has 0 bridgehead atoms. The van der Waals surface area contributed by atoms with Gasteiger partial charge in [0.15, 0.2) is 0 Å². The molecular weight excluding hydrogens is 205 g/mol. The summed E-state index contributed by atoms with van der Waals surface area (Å²) in [5, 5.41) is 2.62. The highest BCUT2D eigenvalue weighted by molar-refractivity contribution is 6.30. The van der Waals surface area contributed by atoms with Crippen LogP contribution in [0.15, 0.2) is 18.2 Å². The number of anilines is 1. The van der Waals surface area contributed by atoms with Crippen molar-refractivity contribution in [3.8, 4) is 0 Å². The van der Waals surface area contributed by atoms with Crippen LogP contribution in [0.1, 0.15) is 13.8 Å². The minimum Gasteiger partial charge on any atom is -0.326 e. The van der Waals surface area contributed by atoms with E-state index in [0.717, 1.165) is 0 Å². The number of hydrogen-bond acceptors (Lipinski definition) is 1. The fourth-order valence-electron chi connectivity index (χ4n) is 0.860. The second kappa shape index (κ2) is 4.42. The van der Waals surface area contributed by atoms with Gasteiger partial charge in [0.1, 0.15) is 5.82 Å². The van der Waals surface area contributed by atoms with Gasteiger partial charge in [0, 0.05) is 11.6 Å². The molecule has 1 rings (SSSR count). The maximum atomic E-state index is 12.9. The summed E-state index contributed by atoms with van der Waals surface area (Å²) in [5.74, 6) is -0.811. The molecule has 1 aromatic carbocycles. The Labute approximate surface area is 87.1 Å². The normalized spacial score (nSPS) is 10.4. The number of hydrogen-bond donors (Lipinski definition) is 1. The highest BCUT2D eigenvalue weighted by Gasteiger charge is 2.08. The fraction of sp³-hybridized carbons (Fsp3) is 0.300. The van der Waals surface area contributed by atoms with E-state index in [1.54, 1.807) is 19.9 Å². The molecule has 0 saturated carbocycles. The van der Waals surface area contributed by atoms with Gasteiger partial charge in [-0.1, -0.05) is 25.4 Å². The molecular formula is C10H11ClFNO. The average molecular weight is 216 g/mol. The molecule has 0 aliphatic heterocycles. The van der Waals surface area contributed by atoms with Crippen molar-refractivity contribution >= 4 is 23.2 Å². The standard InChI is InChI=1S/C10H11ClFNO/c1-6(2)10(14)13-7-3-4-8(11)9(12)5-7/h3-6H,1-2H3,(H,13,14). The predicted molar refractivity (Wildman–Crippen MR) is 54.9 cm³/mol. The monoisotopic (exact) mass is 215 g/mol. The van der Waals surface area contributed by atoms with Crippen molar-refractivity contribution < 1.29 is 9.18 Å². The van der Waals surface area contributed by atoms with E-state index in [0.29, 0.717) is 5.69 Å². The van der Waals surface area contributed by atoms with Crippen molar-refractivity contribution in [2.75, 3.05) is 5.32 Å². The Balaban J connectivity index is 2.78. The Morgan fingerprint density at radius 2 is 2.14 bits per heavy atom. The summed E-state index contributed by atoms with van der Waals surface area (Å²) in [7, 11) is 0. The lowest BCUT2D eigenvalue weighted by atomic mass is 10.2. The van der Waals surface area contributed by atoms with Crippen molar-refractivity contribution in [3.05, 3.63) is 29.0 Å². The molecule has 1 aromatic rings. The molecule has 0 saturated heterocycles. The maximum absolute atomic E-state index is 12.9. The Hall–Kier alpha value is -1.09. The zero-order valence-electron chi connectivity index (χ0n) is 7.97. The SMILES string of the molecule is CC(C)C(=O)Nc1ccc(Cl)c(F)c1. The van der Waals surface area contributed by atoms with Crippen LogP contribution in [0.25, 0.3) is 0 Å². The summed E-state index contributed by atoms with van der Waals surface area (Å²) in [4.78, 5) is 11.2. The van der Waals surface area contributed by atoms with Gasteiger partial charge in [-0.3, -0.25) is 4.79 Å². The Kier molecular flexibility index (Phi) is 3.47. The zero-order valence-corrected chi connectivity index (χ0v) is 8.73. The number of rotatable bonds is 2. The highest BCUT2D eigenvalue weighted by Crippen LogP contribution is 2.18. The second-order valence-corrected chi connectivity index (χ2v) is 3.68. The first kappa shape index (κ1) is 11.0. The lowest BCUT2D eigenvalue weighted by Gasteiger charge is -2.07. The molecule has 14 heavy (non-hydrogen) atoms. The number of nitrogens with one attached hydrogen (secondary N) is 1. The molecule has 2 nitrogen and oxygen atoms in total. The molecule has 1 amide bonds. The number of amides is 1. The van der Waals surface area contributed by atoms with Crippen molar-refractivity contribution in [2.24, 2.45) is 5.92 Å². The van der Waals surface area contributed by atoms with Crippen LogP contribution < -0.4 is 5.32 Å². The third-order valence-electron chi connectivity index (χ3n) is 1.71. The average Bonchev–Trinajstić information content (AvgIpc) is 2.11. The number of halogens is 2. The first-order chi connectivity index (χ1) is 6.50. The minimum absolute atomic E-state index is 0.0487. The molecule has 0 unspecified atom stereocenters. The Morgan fingerprint density at radius 3 is 2.64 bits per heavy atom. The lowest BCUT2D eigenvalue weighted by Crippen LogP contribution is -2.17. The summed E-state index contributed by atoms with van der Waals surface area (Å²) in [6.07, 6.45) is 0. The number of benzene rings is 1. The quantitative estimate of drug-likeness (QED) is 0.807. The van der Waals surface area contributed by atoms with Crippen LogP contribution >= 0.6 is 11.6 Å². The van der Waals surface area contributed by atoms with E-state index in [1.165, 1.54) is 12.1 Å². The van der Waals surface area contributed by atoms with Gasteiger partial charge in [-0.15, -0.1) is 0 Å². The van der Waals surface area contributed by atoms with E-state index in [1.807, 2.05) is 0 Å². The molecule has 0 fully saturated rings. The van der Waals surface area contributed by atoms with Gasteiger partial charge in [0.05, 0.1) is 5.02 Å². The van der Waals surface area contributed by atoms with E-state index in [4.69, 9.17) is 11.6 Å². The fourth-order valence-corrected chi connectivity index (χ4v) is 0.978. The van der Waals surface area contributed by atoms with Crippen LogP contribution in [0.4, 0.5) is 10.1 Å². The lowest BCUT2D eigenvalue weighted by molar-refractivity contribution is -0.118. The third kappa shape index (κ3) is 2.70. The molecule has 0 radical (unpaired) electrons. The molecule has 1 N–H and O–H groups in total. The van der Waals surface area contributed by atoms with Crippen molar-refractivity contribution in [1.82, 2.24) is 0 Å². The van der Waals surface area contributed by atoms with Crippen LogP contribution in [0, 0.1) is 11.7 Å².